The second-order valence-corrected chi connectivity index (χ2v) is 5.59. The molecular weight excluding hydrogens is 360 g/mol. The number of rotatable bonds is 7. The lowest BCUT2D eigenvalue weighted by atomic mass is 10.2. The molecule has 0 heterocycles. The van der Waals surface area contributed by atoms with Gasteiger partial charge >= 0.3 is 5.97 Å². The lowest BCUT2D eigenvalue weighted by molar-refractivity contribution is 0.0549. The topological polar surface area (TPSA) is 44.8 Å². The molecule has 2 aromatic rings. The Bertz CT molecular complexity index is 697. The highest BCUT2D eigenvalue weighted by molar-refractivity contribution is 9.10. The van der Waals surface area contributed by atoms with Crippen molar-refractivity contribution >= 4 is 21.9 Å². The van der Waals surface area contributed by atoms with Crippen molar-refractivity contribution in [3.63, 3.8) is 0 Å². The fourth-order valence-corrected chi connectivity index (χ4v) is 2.37. The molecule has 0 amide bonds. The van der Waals surface area contributed by atoms with Crippen LogP contribution in [0.3, 0.4) is 0 Å². The van der Waals surface area contributed by atoms with Gasteiger partial charge in [0.05, 0.1) is 12.7 Å². The van der Waals surface area contributed by atoms with Gasteiger partial charge in [0.1, 0.15) is 13.2 Å². The van der Waals surface area contributed by atoms with Gasteiger partial charge in [-0.05, 0) is 35.9 Å². The number of hydrogen-bond donors (Lipinski definition) is 0. The van der Waals surface area contributed by atoms with Crippen molar-refractivity contribution < 1.29 is 19.0 Å². The molecule has 2 rings (SSSR count). The Labute approximate surface area is 143 Å². The number of carbonyl (C=O) groups excluding carboxylic acids is 1. The third-order valence-corrected chi connectivity index (χ3v) is 3.51. The second-order valence-electron chi connectivity index (χ2n) is 4.67. The summed E-state index contributed by atoms with van der Waals surface area (Å²) in [6, 6.07) is 12.8. The number of ether oxygens (including phenoxy) is 3. The Morgan fingerprint density at radius 1 is 1.22 bits per heavy atom. The van der Waals surface area contributed by atoms with E-state index in [9.17, 15) is 4.79 Å². The molecule has 2 aromatic carbocycles. The predicted octanol–water partition coefficient (Wildman–Crippen LogP) is 4.38. The summed E-state index contributed by atoms with van der Waals surface area (Å²) >= 11 is 3.42. The lowest BCUT2D eigenvalue weighted by Gasteiger charge is -2.12. The van der Waals surface area contributed by atoms with Crippen LogP contribution in [0.25, 0.3) is 0 Å². The number of hydrogen-bond acceptors (Lipinski definition) is 4. The van der Waals surface area contributed by atoms with Gasteiger partial charge in [-0.25, -0.2) is 4.79 Å². The minimum Gasteiger partial charge on any atom is -0.493 e. The molecule has 0 aliphatic rings. The summed E-state index contributed by atoms with van der Waals surface area (Å²) < 4.78 is 17.1. The van der Waals surface area contributed by atoms with Crippen LogP contribution in [0.1, 0.15) is 15.9 Å². The highest BCUT2D eigenvalue weighted by Gasteiger charge is 2.12. The van der Waals surface area contributed by atoms with Gasteiger partial charge in [-0.2, -0.15) is 0 Å². The van der Waals surface area contributed by atoms with Gasteiger partial charge in [0, 0.05) is 4.47 Å². The summed E-state index contributed by atoms with van der Waals surface area (Å²) in [5.74, 6) is 0.613. The Balaban J connectivity index is 2.10. The summed E-state index contributed by atoms with van der Waals surface area (Å²) in [6.07, 6.45) is 1.52. The summed E-state index contributed by atoms with van der Waals surface area (Å²) in [4.78, 5) is 11.8. The number of carbonyl (C=O) groups is 1. The van der Waals surface area contributed by atoms with Crippen molar-refractivity contribution in [2.24, 2.45) is 0 Å². The van der Waals surface area contributed by atoms with Crippen LogP contribution in [0.4, 0.5) is 0 Å². The van der Waals surface area contributed by atoms with Crippen LogP contribution >= 0.6 is 15.9 Å². The highest BCUT2D eigenvalue weighted by Crippen LogP contribution is 2.29. The standard InChI is InChI=1S/C18H17BrO4/c1-3-9-22-18(20)14-7-8-16(17(11-14)21-2)23-12-13-5-4-6-15(19)10-13/h3-8,10-11H,1,9,12H2,2H3. The largest absolute Gasteiger partial charge is 0.493 e. The van der Waals surface area contributed by atoms with Crippen LogP contribution in [0, 0.1) is 0 Å². The normalized spacial score (nSPS) is 10.0. The molecule has 23 heavy (non-hydrogen) atoms. The van der Waals surface area contributed by atoms with E-state index in [2.05, 4.69) is 22.5 Å². The van der Waals surface area contributed by atoms with E-state index < -0.39 is 5.97 Å². The number of esters is 1. The average Bonchev–Trinajstić information content (AvgIpc) is 2.57. The van der Waals surface area contributed by atoms with E-state index in [4.69, 9.17) is 14.2 Å². The molecule has 120 valence electrons. The van der Waals surface area contributed by atoms with Crippen molar-refractivity contribution in [2.45, 2.75) is 6.61 Å². The molecule has 4 nitrogen and oxygen atoms in total. The van der Waals surface area contributed by atoms with E-state index >= 15 is 0 Å². The molecule has 0 unspecified atom stereocenters. The summed E-state index contributed by atoms with van der Waals surface area (Å²) in [6.45, 7) is 4.08. The molecule has 0 N–H and O–H groups in total. The molecule has 0 saturated heterocycles. The SMILES string of the molecule is C=CCOC(=O)c1ccc(OCc2cccc(Br)c2)c(OC)c1. The zero-order valence-corrected chi connectivity index (χ0v) is 14.3. The Kier molecular flexibility index (Phi) is 6.23. The van der Waals surface area contributed by atoms with Gasteiger partial charge in [-0.1, -0.05) is 40.7 Å². The fraction of sp³-hybridized carbons (Fsp3) is 0.167. The fourth-order valence-electron chi connectivity index (χ4n) is 1.92. The zero-order chi connectivity index (χ0) is 16.7. The lowest BCUT2D eigenvalue weighted by Crippen LogP contribution is -2.06. The molecule has 0 aliphatic heterocycles. The molecule has 0 bridgehead atoms. The number of benzene rings is 2. The molecule has 0 atom stereocenters. The quantitative estimate of drug-likeness (QED) is 0.531. The molecule has 0 fully saturated rings. The summed E-state index contributed by atoms with van der Waals surface area (Å²) in [7, 11) is 1.53. The van der Waals surface area contributed by atoms with Crippen LogP contribution in [0.2, 0.25) is 0 Å². The van der Waals surface area contributed by atoms with Gasteiger partial charge in [0.25, 0.3) is 0 Å². The van der Waals surface area contributed by atoms with E-state index in [0.717, 1.165) is 10.0 Å². The Hall–Kier alpha value is -2.27. The van der Waals surface area contributed by atoms with Crippen molar-refractivity contribution in [1.29, 1.82) is 0 Å². The molecule has 0 aliphatic carbocycles. The number of methoxy groups -OCH3 is 1. The van der Waals surface area contributed by atoms with Crippen molar-refractivity contribution in [1.82, 2.24) is 0 Å². The van der Waals surface area contributed by atoms with Crippen LogP contribution in [-0.2, 0) is 11.3 Å². The molecule has 0 saturated carbocycles. The first kappa shape index (κ1) is 17.1. The second kappa shape index (κ2) is 8.39. The van der Waals surface area contributed by atoms with E-state index in [-0.39, 0.29) is 6.61 Å². The molecular formula is C18H17BrO4. The average molecular weight is 377 g/mol. The predicted molar refractivity (Wildman–Crippen MR) is 91.9 cm³/mol. The molecule has 5 heteroatoms. The summed E-state index contributed by atoms with van der Waals surface area (Å²) in [5, 5.41) is 0. The maximum Gasteiger partial charge on any atom is 0.338 e. The van der Waals surface area contributed by atoms with E-state index in [1.54, 1.807) is 18.2 Å². The van der Waals surface area contributed by atoms with Gasteiger partial charge < -0.3 is 14.2 Å². The van der Waals surface area contributed by atoms with Crippen LogP contribution in [-0.4, -0.2) is 19.7 Å². The highest BCUT2D eigenvalue weighted by atomic mass is 79.9. The van der Waals surface area contributed by atoms with Crippen LogP contribution in [0.15, 0.2) is 59.6 Å². The van der Waals surface area contributed by atoms with Gasteiger partial charge in [-0.3, -0.25) is 0 Å². The number of halogens is 1. The van der Waals surface area contributed by atoms with Crippen molar-refractivity contribution in [2.75, 3.05) is 13.7 Å². The third-order valence-electron chi connectivity index (χ3n) is 3.01. The first-order valence-corrected chi connectivity index (χ1v) is 7.76. The monoisotopic (exact) mass is 376 g/mol. The van der Waals surface area contributed by atoms with Crippen LogP contribution in [0.5, 0.6) is 11.5 Å². The maximum atomic E-state index is 11.8. The van der Waals surface area contributed by atoms with Gasteiger partial charge in [0.2, 0.25) is 0 Å². The van der Waals surface area contributed by atoms with Crippen molar-refractivity contribution in [3.05, 3.63) is 70.7 Å². The van der Waals surface area contributed by atoms with E-state index in [1.165, 1.54) is 13.2 Å². The minimum absolute atomic E-state index is 0.169. The summed E-state index contributed by atoms with van der Waals surface area (Å²) in [5.41, 5.74) is 1.43. The smallest absolute Gasteiger partial charge is 0.338 e. The van der Waals surface area contributed by atoms with Gasteiger partial charge in [0.15, 0.2) is 11.5 Å². The third kappa shape index (κ3) is 4.86. The molecule has 0 aromatic heterocycles. The first-order valence-electron chi connectivity index (χ1n) is 6.97. The molecule has 0 radical (unpaired) electrons. The molecule has 0 spiro atoms. The zero-order valence-electron chi connectivity index (χ0n) is 12.8. The minimum atomic E-state index is -0.429. The first-order chi connectivity index (χ1) is 11.1. The Morgan fingerprint density at radius 2 is 2.04 bits per heavy atom. The van der Waals surface area contributed by atoms with E-state index in [1.807, 2.05) is 24.3 Å². The van der Waals surface area contributed by atoms with E-state index in [0.29, 0.717) is 23.7 Å². The Morgan fingerprint density at radius 3 is 2.74 bits per heavy atom. The van der Waals surface area contributed by atoms with Crippen LogP contribution < -0.4 is 9.47 Å². The maximum absolute atomic E-state index is 11.8. The van der Waals surface area contributed by atoms with Crippen molar-refractivity contribution in [3.8, 4) is 11.5 Å². The van der Waals surface area contributed by atoms with Gasteiger partial charge in [-0.15, -0.1) is 0 Å².